The Balaban J connectivity index is 1.58. The third kappa shape index (κ3) is 3.62. The predicted octanol–water partition coefficient (Wildman–Crippen LogP) is 4.36. The minimum Gasteiger partial charge on any atom is -0.497 e. The molecule has 0 amide bonds. The summed E-state index contributed by atoms with van der Waals surface area (Å²) < 4.78 is 23.0. The van der Waals surface area contributed by atoms with Crippen LogP contribution in [0.3, 0.4) is 0 Å². The van der Waals surface area contributed by atoms with Crippen molar-refractivity contribution in [3.8, 4) is 23.0 Å². The molecule has 138 valence electrons. The fourth-order valence-electron chi connectivity index (χ4n) is 3.28. The maximum Gasteiger partial charge on any atom is 0.231 e. The Kier molecular flexibility index (Phi) is 4.96. The third-order valence-electron chi connectivity index (χ3n) is 4.84. The van der Waals surface area contributed by atoms with Crippen LogP contribution < -0.4 is 18.9 Å². The first-order valence-corrected chi connectivity index (χ1v) is 9.50. The first-order valence-electron chi connectivity index (χ1n) is 8.71. The van der Waals surface area contributed by atoms with E-state index in [0.29, 0.717) is 12.8 Å². The average molecular weight is 420 g/mol. The quantitative estimate of drug-likeness (QED) is 0.666. The van der Waals surface area contributed by atoms with Gasteiger partial charge in [0.1, 0.15) is 11.5 Å². The van der Waals surface area contributed by atoms with Crippen molar-refractivity contribution in [3.63, 3.8) is 0 Å². The number of rotatable bonds is 7. The van der Waals surface area contributed by atoms with E-state index < -0.39 is 0 Å². The molecule has 0 unspecified atom stereocenters. The van der Waals surface area contributed by atoms with Crippen molar-refractivity contribution in [1.29, 1.82) is 0 Å². The Morgan fingerprint density at radius 3 is 2.42 bits per heavy atom. The molecule has 0 bridgehead atoms. The molecule has 0 radical (unpaired) electrons. The van der Waals surface area contributed by atoms with Crippen LogP contribution in [0.4, 0.5) is 0 Å². The fourth-order valence-corrected chi connectivity index (χ4v) is 3.73. The molecule has 1 heterocycles. The fraction of sp³-hybridized carbons (Fsp3) is 0.400. The van der Waals surface area contributed by atoms with Gasteiger partial charge < -0.3 is 18.9 Å². The molecule has 2 aromatic carbocycles. The van der Waals surface area contributed by atoms with Gasteiger partial charge in [-0.1, -0.05) is 15.9 Å². The molecule has 2 aromatic rings. The lowest BCUT2D eigenvalue weighted by Crippen LogP contribution is -2.25. The number of hydrogen-bond donors (Lipinski definition) is 0. The van der Waals surface area contributed by atoms with Crippen LogP contribution in [0.2, 0.25) is 0 Å². The van der Waals surface area contributed by atoms with Gasteiger partial charge >= 0.3 is 0 Å². The summed E-state index contributed by atoms with van der Waals surface area (Å²) in [6.07, 6.45) is 2.46. The van der Waals surface area contributed by atoms with Crippen LogP contribution in [0.5, 0.6) is 23.0 Å². The van der Waals surface area contributed by atoms with Crippen molar-refractivity contribution in [2.45, 2.75) is 32.0 Å². The molecule has 1 aliphatic carbocycles. The number of nitrogens with zero attached hydrogens (tertiary/aromatic N) is 1. The lowest BCUT2D eigenvalue weighted by Gasteiger charge is -2.24. The number of ether oxygens (including phenoxy) is 4. The zero-order chi connectivity index (χ0) is 18.1. The second-order valence-electron chi connectivity index (χ2n) is 6.61. The molecule has 0 saturated heterocycles. The summed E-state index contributed by atoms with van der Waals surface area (Å²) in [5, 5.41) is 0. The summed E-state index contributed by atoms with van der Waals surface area (Å²) >= 11 is 3.68. The van der Waals surface area contributed by atoms with Gasteiger partial charge in [-0.2, -0.15) is 0 Å². The van der Waals surface area contributed by atoms with E-state index in [9.17, 15) is 0 Å². The van der Waals surface area contributed by atoms with Crippen molar-refractivity contribution in [2.75, 3.05) is 21.0 Å². The highest BCUT2D eigenvalue weighted by molar-refractivity contribution is 9.10. The Labute approximate surface area is 161 Å². The monoisotopic (exact) mass is 419 g/mol. The molecule has 6 heteroatoms. The number of benzene rings is 2. The minimum absolute atomic E-state index is 0.290. The van der Waals surface area contributed by atoms with E-state index in [4.69, 9.17) is 18.9 Å². The summed E-state index contributed by atoms with van der Waals surface area (Å²) in [6.45, 7) is 1.94. The van der Waals surface area contributed by atoms with E-state index in [1.807, 2.05) is 18.2 Å². The van der Waals surface area contributed by atoms with Crippen molar-refractivity contribution in [1.82, 2.24) is 4.90 Å². The van der Waals surface area contributed by atoms with Crippen LogP contribution in [-0.4, -0.2) is 32.0 Å². The van der Waals surface area contributed by atoms with Crippen molar-refractivity contribution in [2.24, 2.45) is 0 Å². The highest BCUT2D eigenvalue weighted by atomic mass is 79.9. The Bertz CT molecular complexity index is 807. The molecule has 0 N–H and O–H groups in total. The zero-order valence-electron chi connectivity index (χ0n) is 15.0. The highest BCUT2D eigenvalue weighted by Crippen LogP contribution is 2.39. The van der Waals surface area contributed by atoms with Gasteiger partial charge in [-0.15, -0.1) is 0 Å². The van der Waals surface area contributed by atoms with Crippen LogP contribution in [0.1, 0.15) is 24.0 Å². The maximum absolute atomic E-state index is 5.55. The lowest BCUT2D eigenvalue weighted by atomic mass is 10.1. The largest absolute Gasteiger partial charge is 0.497 e. The summed E-state index contributed by atoms with van der Waals surface area (Å²) in [4.78, 5) is 2.49. The van der Waals surface area contributed by atoms with Crippen molar-refractivity contribution in [3.05, 3.63) is 45.9 Å². The summed E-state index contributed by atoms with van der Waals surface area (Å²) in [7, 11) is 3.40. The van der Waals surface area contributed by atoms with Gasteiger partial charge in [-0.05, 0) is 48.7 Å². The van der Waals surface area contributed by atoms with E-state index >= 15 is 0 Å². The molecule has 1 aliphatic heterocycles. The van der Waals surface area contributed by atoms with Crippen molar-refractivity contribution < 1.29 is 18.9 Å². The SMILES string of the molecule is COc1ccc(OC)c(CN(Cc2cc3c(cc2Br)OCO3)C2CC2)c1. The molecule has 2 aliphatic rings. The number of halogens is 1. The second-order valence-corrected chi connectivity index (χ2v) is 7.47. The standard InChI is InChI=1S/C20H22BrNO4/c1-23-16-5-6-18(24-2)14(7-16)11-22(15-3-4-15)10-13-8-19-20(9-17(13)21)26-12-25-19/h5-9,15H,3-4,10-12H2,1-2H3. The van der Waals surface area contributed by atoms with E-state index in [1.165, 1.54) is 18.4 Å². The molecule has 0 atom stereocenters. The Morgan fingerprint density at radius 1 is 1.00 bits per heavy atom. The minimum atomic E-state index is 0.290. The molecular formula is C20H22BrNO4. The molecular weight excluding hydrogens is 398 g/mol. The topological polar surface area (TPSA) is 40.2 Å². The predicted molar refractivity (Wildman–Crippen MR) is 102 cm³/mol. The summed E-state index contributed by atoms with van der Waals surface area (Å²) in [5.74, 6) is 3.35. The lowest BCUT2D eigenvalue weighted by molar-refractivity contribution is 0.174. The van der Waals surface area contributed by atoms with Gasteiger partial charge in [0.2, 0.25) is 6.79 Å². The van der Waals surface area contributed by atoms with E-state index in [2.05, 4.69) is 33.0 Å². The van der Waals surface area contributed by atoms with Crippen LogP contribution in [0.25, 0.3) is 0 Å². The molecule has 0 spiro atoms. The van der Waals surface area contributed by atoms with Gasteiger partial charge in [0.05, 0.1) is 14.2 Å². The van der Waals surface area contributed by atoms with Gasteiger partial charge in [0.15, 0.2) is 11.5 Å². The summed E-state index contributed by atoms with van der Waals surface area (Å²) in [5.41, 5.74) is 2.33. The number of methoxy groups -OCH3 is 2. The molecule has 5 nitrogen and oxygen atoms in total. The molecule has 26 heavy (non-hydrogen) atoms. The molecule has 4 rings (SSSR count). The number of fused-ring (bicyclic) bond motifs is 1. The van der Waals surface area contributed by atoms with Crippen LogP contribution in [-0.2, 0) is 13.1 Å². The first kappa shape index (κ1) is 17.5. The maximum atomic E-state index is 5.55. The smallest absolute Gasteiger partial charge is 0.231 e. The normalized spacial score (nSPS) is 15.4. The molecule has 1 saturated carbocycles. The van der Waals surface area contributed by atoms with E-state index in [-0.39, 0.29) is 0 Å². The van der Waals surface area contributed by atoms with Gasteiger partial charge in [0.25, 0.3) is 0 Å². The van der Waals surface area contributed by atoms with Gasteiger partial charge in [-0.3, -0.25) is 4.90 Å². The zero-order valence-corrected chi connectivity index (χ0v) is 16.5. The first-order chi connectivity index (χ1) is 12.7. The molecule has 1 fully saturated rings. The Morgan fingerprint density at radius 2 is 1.73 bits per heavy atom. The van der Waals surface area contributed by atoms with Crippen LogP contribution in [0, 0.1) is 0 Å². The van der Waals surface area contributed by atoms with E-state index in [1.54, 1.807) is 14.2 Å². The second kappa shape index (κ2) is 7.37. The van der Waals surface area contributed by atoms with Gasteiger partial charge in [-0.25, -0.2) is 0 Å². The van der Waals surface area contributed by atoms with Crippen molar-refractivity contribution >= 4 is 15.9 Å². The molecule has 0 aromatic heterocycles. The van der Waals surface area contributed by atoms with Gasteiger partial charge in [0, 0.05) is 29.2 Å². The van der Waals surface area contributed by atoms with Crippen LogP contribution >= 0.6 is 15.9 Å². The van der Waals surface area contributed by atoms with Crippen LogP contribution in [0.15, 0.2) is 34.8 Å². The van der Waals surface area contributed by atoms with E-state index in [0.717, 1.165) is 46.1 Å². The third-order valence-corrected chi connectivity index (χ3v) is 5.58. The number of hydrogen-bond acceptors (Lipinski definition) is 5. The Hall–Kier alpha value is -1.92. The summed E-state index contributed by atoms with van der Waals surface area (Å²) in [6, 6.07) is 10.6. The highest BCUT2D eigenvalue weighted by Gasteiger charge is 2.30. The average Bonchev–Trinajstić information content (AvgIpc) is 3.41.